The van der Waals surface area contributed by atoms with Gasteiger partial charge in [-0.1, -0.05) is 15.9 Å². The van der Waals surface area contributed by atoms with E-state index in [1.165, 1.54) is 0 Å². The first-order chi connectivity index (χ1) is 17.9. The summed E-state index contributed by atoms with van der Waals surface area (Å²) in [6.45, 7) is 13.1. The molecule has 0 radical (unpaired) electrons. The van der Waals surface area contributed by atoms with Crippen molar-refractivity contribution in [1.82, 2.24) is 0 Å². The highest BCUT2D eigenvalue weighted by Gasteiger charge is 2.55. The van der Waals surface area contributed by atoms with E-state index < -0.39 is 35.1 Å². The van der Waals surface area contributed by atoms with Crippen LogP contribution in [0.1, 0.15) is 106 Å². The van der Waals surface area contributed by atoms with Crippen molar-refractivity contribution in [3.63, 3.8) is 0 Å². The van der Waals surface area contributed by atoms with Crippen molar-refractivity contribution in [3.05, 3.63) is 11.8 Å². The number of hydrogen-bond donors (Lipinski definition) is 4. The number of rotatable bonds is 8. The van der Waals surface area contributed by atoms with E-state index in [0.717, 1.165) is 25.7 Å². The third kappa shape index (κ3) is 6.26. The Morgan fingerprint density at radius 1 is 1.00 bits per heavy atom. The minimum Gasteiger partial charge on any atom is -0.486 e. The van der Waals surface area contributed by atoms with Crippen LogP contribution in [-0.2, 0) is 18.9 Å². The van der Waals surface area contributed by atoms with E-state index in [0.29, 0.717) is 29.8 Å². The van der Waals surface area contributed by atoms with E-state index in [-0.39, 0.29) is 42.4 Å². The lowest BCUT2D eigenvalue weighted by Crippen LogP contribution is -2.61. The van der Waals surface area contributed by atoms with Crippen LogP contribution < -0.4 is 0 Å². The molecule has 0 bridgehead atoms. The monoisotopic (exact) mass is 618 g/mol. The van der Waals surface area contributed by atoms with Crippen molar-refractivity contribution < 1.29 is 39.4 Å². The summed E-state index contributed by atoms with van der Waals surface area (Å²) in [5.41, 5.74) is -4.75. The van der Waals surface area contributed by atoms with E-state index >= 15 is 0 Å². The van der Waals surface area contributed by atoms with E-state index in [1.807, 2.05) is 19.9 Å². The van der Waals surface area contributed by atoms with Gasteiger partial charge < -0.3 is 39.4 Å². The van der Waals surface area contributed by atoms with Gasteiger partial charge in [-0.05, 0) is 112 Å². The summed E-state index contributed by atoms with van der Waals surface area (Å²) in [4.78, 5) is 0.302. The van der Waals surface area contributed by atoms with Crippen LogP contribution in [0, 0.1) is 0 Å². The maximum atomic E-state index is 11.5. The molecule has 0 unspecified atom stereocenters. The van der Waals surface area contributed by atoms with Crippen LogP contribution in [0.2, 0.25) is 0 Å². The summed E-state index contributed by atoms with van der Waals surface area (Å²) in [6, 6.07) is 0. The van der Waals surface area contributed by atoms with Crippen LogP contribution in [0.25, 0.3) is 0 Å². The van der Waals surface area contributed by atoms with Crippen molar-refractivity contribution in [2.24, 2.45) is 0 Å². The van der Waals surface area contributed by atoms with Crippen LogP contribution in [-0.4, -0.2) is 89.9 Å². The van der Waals surface area contributed by atoms with Crippen LogP contribution in [0.4, 0.5) is 0 Å². The SMILES string of the molecule is CC(C)(O)[C@H]1CC[C@](C)([C@@H](O)CC[C@](O)(CO)C2=CC[C@H]3O[C@@H]([C@]4(C)CC[C@@H](Br)C(C)(C)O4)CC[C@]3(C)O2)O1. The molecule has 0 saturated carbocycles. The van der Waals surface area contributed by atoms with Gasteiger partial charge in [0.25, 0.3) is 0 Å². The molecule has 4 aliphatic rings. The lowest BCUT2D eigenvalue weighted by Gasteiger charge is -2.55. The Morgan fingerprint density at radius 2 is 1.67 bits per heavy atom. The molecule has 8 nitrogen and oxygen atoms in total. The van der Waals surface area contributed by atoms with Gasteiger partial charge in [0.05, 0.1) is 47.3 Å². The molecule has 4 rings (SSSR count). The van der Waals surface area contributed by atoms with Gasteiger partial charge in [-0.3, -0.25) is 0 Å². The summed E-state index contributed by atoms with van der Waals surface area (Å²) < 4.78 is 25.8. The second kappa shape index (κ2) is 10.8. The van der Waals surface area contributed by atoms with Crippen LogP contribution in [0.5, 0.6) is 0 Å². The Bertz CT molecular complexity index is 919. The van der Waals surface area contributed by atoms with Crippen LogP contribution in [0.15, 0.2) is 11.8 Å². The van der Waals surface area contributed by atoms with Gasteiger partial charge in [0.15, 0.2) is 0 Å². The average Bonchev–Trinajstić information content (AvgIpc) is 3.27. The first-order valence-corrected chi connectivity index (χ1v) is 15.6. The minimum absolute atomic E-state index is 0.0554. The first kappa shape index (κ1) is 31.7. The number of halogens is 1. The molecular formula is C30H51BrO8. The topological polar surface area (TPSA) is 118 Å². The highest BCUT2D eigenvalue weighted by atomic mass is 79.9. The number of alkyl halides is 1. The molecule has 0 aromatic heterocycles. The lowest BCUT2D eigenvalue weighted by molar-refractivity contribution is -0.269. The Labute approximate surface area is 242 Å². The molecule has 4 N–H and O–H groups in total. The first-order valence-electron chi connectivity index (χ1n) is 14.7. The number of hydrogen-bond acceptors (Lipinski definition) is 8. The highest BCUT2D eigenvalue weighted by molar-refractivity contribution is 9.09. The van der Waals surface area contributed by atoms with Crippen molar-refractivity contribution in [3.8, 4) is 0 Å². The number of aliphatic hydroxyl groups is 4. The lowest BCUT2D eigenvalue weighted by atomic mass is 9.77. The van der Waals surface area contributed by atoms with E-state index in [1.54, 1.807) is 13.8 Å². The molecule has 0 aromatic carbocycles. The third-order valence-corrected chi connectivity index (χ3v) is 11.5. The summed E-state index contributed by atoms with van der Waals surface area (Å²) >= 11 is 3.76. The number of ether oxygens (including phenoxy) is 4. The fraction of sp³-hybridized carbons (Fsp3) is 0.933. The Kier molecular flexibility index (Phi) is 8.75. The molecule has 3 fully saturated rings. The van der Waals surface area contributed by atoms with Gasteiger partial charge in [0, 0.05) is 4.83 Å². The fourth-order valence-electron chi connectivity index (χ4n) is 6.92. The fourth-order valence-corrected chi connectivity index (χ4v) is 7.24. The molecule has 3 saturated heterocycles. The molecule has 226 valence electrons. The zero-order valence-corrected chi connectivity index (χ0v) is 26.4. The Morgan fingerprint density at radius 3 is 2.26 bits per heavy atom. The molecule has 0 aliphatic carbocycles. The van der Waals surface area contributed by atoms with E-state index in [9.17, 15) is 20.4 Å². The molecule has 39 heavy (non-hydrogen) atoms. The summed E-state index contributed by atoms with van der Waals surface area (Å²) in [5, 5.41) is 43.1. The number of aliphatic hydroxyl groups excluding tert-OH is 2. The predicted octanol–water partition coefficient (Wildman–Crippen LogP) is 4.28. The van der Waals surface area contributed by atoms with Crippen molar-refractivity contribution in [2.45, 2.75) is 169 Å². The second-order valence-electron chi connectivity index (χ2n) is 14.3. The summed E-state index contributed by atoms with van der Waals surface area (Å²) in [7, 11) is 0. The second-order valence-corrected chi connectivity index (χ2v) is 15.4. The Hall–Kier alpha value is -0.260. The summed E-state index contributed by atoms with van der Waals surface area (Å²) in [6.07, 6.45) is 5.93. The molecule has 0 aromatic rings. The third-order valence-electron chi connectivity index (χ3n) is 9.96. The van der Waals surface area contributed by atoms with Crippen molar-refractivity contribution in [1.29, 1.82) is 0 Å². The zero-order valence-electron chi connectivity index (χ0n) is 24.8. The van der Waals surface area contributed by atoms with E-state index in [2.05, 4.69) is 36.7 Å². The maximum absolute atomic E-state index is 11.5. The van der Waals surface area contributed by atoms with E-state index in [4.69, 9.17) is 18.9 Å². The quantitative estimate of drug-likeness (QED) is 0.298. The molecular weight excluding hydrogens is 568 g/mol. The number of fused-ring (bicyclic) bond motifs is 1. The highest BCUT2D eigenvalue weighted by Crippen LogP contribution is 2.49. The molecule has 4 heterocycles. The zero-order chi connectivity index (χ0) is 29.1. The minimum atomic E-state index is -1.62. The predicted molar refractivity (Wildman–Crippen MR) is 152 cm³/mol. The Balaban J connectivity index is 1.40. The van der Waals surface area contributed by atoms with Gasteiger partial charge >= 0.3 is 0 Å². The van der Waals surface area contributed by atoms with Gasteiger partial charge in [-0.15, -0.1) is 0 Å². The molecule has 0 spiro atoms. The molecule has 9 heteroatoms. The van der Waals surface area contributed by atoms with Gasteiger partial charge in [-0.2, -0.15) is 0 Å². The van der Waals surface area contributed by atoms with Crippen molar-refractivity contribution >= 4 is 15.9 Å². The van der Waals surface area contributed by atoms with Gasteiger partial charge in [0.2, 0.25) is 0 Å². The largest absolute Gasteiger partial charge is 0.486 e. The summed E-state index contributed by atoms with van der Waals surface area (Å²) in [5.74, 6) is 0.341. The maximum Gasteiger partial charge on any atom is 0.144 e. The van der Waals surface area contributed by atoms with Crippen LogP contribution in [0.3, 0.4) is 0 Å². The molecule has 0 amide bonds. The van der Waals surface area contributed by atoms with Crippen molar-refractivity contribution in [2.75, 3.05) is 6.61 Å². The molecule has 9 atom stereocenters. The average molecular weight is 620 g/mol. The normalized spacial score (nSPS) is 43.1. The smallest absolute Gasteiger partial charge is 0.144 e. The van der Waals surface area contributed by atoms with Gasteiger partial charge in [-0.25, -0.2) is 0 Å². The van der Waals surface area contributed by atoms with Crippen LogP contribution >= 0.6 is 15.9 Å². The standard InChI is InChI=1S/C30H51BrO8/c1-25(2,34)21-12-15-27(5,37-21)20(33)11-17-30(35,18-32)24-9-8-22-28(6,38-24)16-13-23(36-22)29(7)14-10-19(31)26(3,4)39-29/h9,19-23,32-35H,8,10-18H2,1-7H3/t19-,20+,21-,22-,23-,27-,28+,29+,30+/m1/s1. The van der Waals surface area contributed by atoms with Gasteiger partial charge in [0.1, 0.15) is 23.1 Å². The molecule has 4 aliphatic heterocycles.